The molecule has 0 atom stereocenters. The summed E-state index contributed by atoms with van der Waals surface area (Å²) in [6.45, 7) is 7.57. The molecule has 2 N–H and O–H groups in total. The fraction of sp³-hybridized carbons (Fsp3) is 0.700. The molecule has 28 heavy (non-hydrogen) atoms. The summed E-state index contributed by atoms with van der Waals surface area (Å²) in [5, 5.41) is 8.50. The molecule has 0 radical (unpaired) electrons. The molecule has 1 aromatic heterocycles. The van der Waals surface area contributed by atoms with Crippen molar-refractivity contribution in [1.82, 2.24) is 15.5 Å². The molecule has 1 amide bonds. The highest BCUT2D eigenvalue weighted by molar-refractivity contribution is 7.10. The fourth-order valence-electron chi connectivity index (χ4n) is 2.94. The maximum Gasteiger partial charge on any atom is 0.224 e. The van der Waals surface area contributed by atoms with Crippen molar-refractivity contribution in [1.29, 1.82) is 0 Å². The first-order chi connectivity index (χ1) is 13.7. The molecule has 0 spiro atoms. The number of nitrogens with zero attached hydrogens (tertiary/aromatic N) is 2. The van der Waals surface area contributed by atoms with E-state index in [9.17, 15) is 4.79 Å². The first kappa shape index (κ1) is 22.6. The zero-order valence-corrected chi connectivity index (χ0v) is 18.0. The van der Waals surface area contributed by atoms with Gasteiger partial charge in [0.05, 0.1) is 19.8 Å². The molecule has 0 bridgehead atoms. The number of amides is 1. The van der Waals surface area contributed by atoms with E-state index in [4.69, 9.17) is 9.47 Å². The van der Waals surface area contributed by atoms with Gasteiger partial charge < -0.3 is 25.0 Å². The second-order valence-electron chi connectivity index (χ2n) is 6.69. The summed E-state index contributed by atoms with van der Waals surface area (Å²) >= 11 is 1.79. The van der Waals surface area contributed by atoms with Crippen LogP contribution in [0.1, 0.15) is 36.6 Å². The summed E-state index contributed by atoms with van der Waals surface area (Å²) in [7, 11) is 1.72. The van der Waals surface area contributed by atoms with Crippen LogP contribution in [0.25, 0.3) is 0 Å². The molecule has 1 aliphatic heterocycles. The Morgan fingerprint density at radius 3 is 2.79 bits per heavy atom. The Labute approximate surface area is 172 Å². The monoisotopic (exact) mass is 410 g/mol. The van der Waals surface area contributed by atoms with Crippen LogP contribution < -0.4 is 10.6 Å². The molecule has 0 saturated heterocycles. The Bertz CT molecular complexity index is 606. The number of nitrogens with one attached hydrogen (secondary N) is 2. The molecule has 1 aromatic rings. The lowest BCUT2D eigenvalue weighted by molar-refractivity contribution is -0.131. The van der Waals surface area contributed by atoms with Crippen molar-refractivity contribution >= 4 is 23.2 Å². The van der Waals surface area contributed by atoms with Crippen LogP contribution in [0.5, 0.6) is 0 Å². The molecule has 0 aliphatic carbocycles. The van der Waals surface area contributed by atoms with Gasteiger partial charge >= 0.3 is 0 Å². The van der Waals surface area contributed by atoms with Crippen LogP contribution in [0.3, 0.4) is 0 Å². The van der Waals surface area contributed by atoms with E-state index in [0.717, 1.165) is 39.0 Å². The van der Waals surface area contributed by atoms with Crippen LogP contribution in [-0.2, 0) is 27.2 Å². The highest BCUT2D eigenvalue weighted by Crippen LogP contribution is 2.24. The highest BCUT2D eigenvalue weighted by atomic mass is 32.1. The van der Waals surface area contributed by atoms with E-state index in [2.05, 4.69) is 34.0 Å². The molecule has 0 unspecified atom stereocenters. The average molecular weight is 411 g/mol. The van der Waals surface area contributed by atoms with Crippen molar-refractivity contribution in [3.63, 3.8) is 0 Å². The highest BCUT2D eigenvalue weighted by Gasteiger charge is 2.20. The summed E-state index contributed by atoms with van der Waals surface area (Å²) in [6.07, 6.45) is 3.68. The molecule has 2 heterocycles. The number of aliphatic imine (C=N–C) groups is 1. The lowest BCUT2D eigenvalue weighted by atomic mass is 10.1. The number of thiophene rings is 1. The largest absolute Gasteiger partial charge is 0.379 e. The Balaban J connectivity index is 1.51. The minimum atomic E-state index is 0.186. The summed E-state index contributed by atoms with van der Waals surface area (Å²) in [5.41, 5.74) is 1.30. The standard InChI is InChI=1S/C20H34N4O3S/c1-3-4-11-26-13-14-27-12-9-23-20(21-2)22-8-5-19(25)24-10-6-18-17(16-24)7-15-28-18/h7,15H,3-6,8-14,16H2,1-2H3,(H2,21,22,23). The van der Waals surface area contributed by atoms with Gasteiger partial charge in [-0.25, -0.2) is 0 Å². The predicted octanol–water partition coefficient (Wildman–Crippen LogP) is 2.02. The van der Waals surface area contributed by atoms with E-state index in [1.165, 1.54) is 10.4 Å². The smallest absolute Gasteiger partial charge is 0.224 e. The van der Waals surface area contributed by atoms with Gasteiger partial charge in [-0.3, -0.25) is 9.79 Å². The van der Waals surface area contributed by atoms with E-state index >= 15 is 0 Å². The van der Waals surface area contributed by atoms with Crippen LogP contribution in [0.4, 0.5) is 0 Å². The number of hydrogen-bond donors (Lipinski definition) is 2. The van der Waals surface area contributed by atoms with Crippen LogP contribution in [0.2, 0.25) is 0 Å². The van der Waals surface area contributed by atoms with Crippen molar-refractivity contribution in [2.45, 2.75) is 39.2 Å². The number of rotatable bonds is 12. The van der Waals surface area contributed by atoms with Gasteiger partial charge in [0.15, 0.2) is 5.96 Å². The number of carbonyl (C=O) groups is 1. The molecule has 1 aliphatic rings. The lowest BCUT2D eigenvalue weighted by Crippen LogP contribution is -2.42. The van der Waals surface area contributed by atoms with E-state index < -0.39 is 0 Å². The van der Waals surface area contributed by atoms with Gasteiger partial charge in [0, 0.05) is 51.1 Å². The first-order valence-corrected chi connectivity index (χ1v) is 11.1. The zero-order valence-electron chi connectivity index (χ0n) is 17.2. The summed E-state index contributed by atoms with van der Waals surface area (Å²) < 4.78 is 11.0. The SMILES string of the molecule is CCCCOCCOCCNC(=NC)NCCC(=O)N1CCc2sccc2C1. The third-order valence-corrected chi connectivity index (χ3v) is 5.59. The molecule has 2 rings (SSSR count). The van der Waals surface area contributed by atoms with E-state index in [1.807, 2.05) is 4.90 Å². The number of unbranched alkanes of at least 4 members (excludes halogenated alkanes) is 1. The van der Waals surface area contributed by atoms with Gasteiger partial charge in [0.25, 0.3) is 0 Å². The van der Waals surface area contributed by atoms with Crippen LogP contribution in [-0.4, -0.2) is 69.9 Å². The topological polar surface area (TPSA) is 75.2 Å². The Morgan fingerprint density at radius 2 is 2.00 bits per heavy atom. The number of guanidine groups is 1. The van der Waals surface area contributed by atoms with Gasteiger partial charge in [0.2, 0.25) is 5.91 Å². The van der Waals surface area contributed by atoms with Crippen LogP contribution in [0, 0.1) is 0 Å². The van der Waals surface area contributed by atoms with Crippen molar-refractivity contribution in [3.8, 4) is 0 Å². The third kappa shape index (κ3) is 8.16. The molecule has 0 aromatic carbocycles. The first-order valence-electron chi connectivity index (χ1n) is 10.2. The number of hydrogen-bond acceptors (Lipinski definition) is 5. The van der Waals surface area contributed by atoms with Gasteiger partial charge in [-0.15, -0.1) is 11.3 Å². The minimum Gasteiger partial charge on any atom is -0.379 e. The second kappa shape index (κ2) is 13.5. The summed E-state index contributed by atoms with van der Waals surface area (Å²) in [5.74, 6) is 0.876. The van der Waals surface area contributed by atoms with Gasteiger partial charge in [0.1, 0.15) is 0 Å². The molecule has 158 valence electrons. The number of carbonyl (C=O) groups excluding carboxylic acids is 1. The van der Waals surface area contributed by atoms with E-state index in [1.54, 1.807) is 18.4 Å². The van der Waals surface area contributed by atoms with Crippen LogP contribution >= 0.6 is 11.3 Å². The van der Waals surface area contributed by atoms with Crippen molar-refractivity contribution < 1.29 is 14.3 Å². The second-order valence-corrected chi connectivity index (χ2v) is 7.69. The molecular formula is C20H34N4O3S. The Morgan fingerprint density at radius 1 is 1.21 bits per heavy atom. The minimum absolute atomic E-state index is 0.186. The number of fused-ring (bicyclic) bond motifs is 1. The molecule has 0 fully saturated rings. The molecule has 0 saturated carbocycles. The number of ether oxygens (including phenoxy) is 2. The Hall–Kier alpha value is -1.64. The maximum absolute atomic E-state index is 12.4. The summed E-state index contributed by atoms with van der Waals surface area (Å²) in [4.78, 5) is 20.0. The van der Waals surface area contributed by atoms with Crippen molar-refractivity contribution in [3.05, 3.63) is 21.9 Å². The van der Waals surface area contributed by atoms with Gasteiger partial charge in [-0.2, -0.15) is 0 Å². The van der Waals surface area contributed by atoms with Crippen molar-refractivity contribution in [2.75, 3.05) is 53.1 Å². The zero-order chi connectivity index (χ0) is 20.0. The molecule has 8 heteroatoms. The maximum atomic E-state index is 12.4. The third-order valence-electron chi connectivity index (χ3n) is 4.57. The Kier molecular flexibility index (Phi) is 10.9. The average Bonchev–Trinajstić information content (AvgIpc) is 3.19. The van der Waals surface area contributed by atoms with E-state index in [-0.39, 0.29) is 5.91 Å². The lowest BCUT2D eigenvalue weighted by Gasteiger charge is -2.27. The van der Waals surface area contributed by atoms with Gasteiger partial charge in [-0.1, -0.05) is 13.3 Å². The normalized spacial score (nSPS) is 14.1. The van der Waals surface area contributed by atoms with Crippen molar-refractivity contribution in [2.24, 2.45) is 4.99 Å². The van der Waals surface area contributed by atoms with E-state index in [0.29, 0.717) is 45.3 Å². The van der Waals surface area contributed by atoms with Gasteiger partial charge in [-0.05, 0) is 29.9 Å². The fourth-order valence-corrected chi connectivity index (χ4v) is 3.83. The molecular weight excluding hydrogens is 376 g/mol. The summed E-state index contributed by atoms with van der Waals surface area (Å²) in [6, 6.07) is 2.13. The molecule has 7 nitrogen and oxygen atoms in total. The van der Waals surface area contributed by atoms with Crippen LogP contribution in [0.15, 0.2) is 16.4 Å². The predicted molar refractivity (Wildman–Crippen MR) is 114 cm³/mol. The quantitative estimate of drug-likeness (QED) is 0.313.